The Kier molecular flexibility index (Phi) is 7.06. The molecule has 0 bridgehead atoms. The second kappa shape index (κ2) is 9.27. The van der Waals surface area contributed by atoms with Gasteiger partial charge in [-0.25, -0.2) is 4.98 Å². The number of aryl methyl sites for hydroxylation is 1. The van der Waals surface area contributed by atoms with Gasteiger partial charge in [-0.15, -0.1) is 11.3 Å². The Morgan fingerprint density at radius 1 is 1.33 bits per heavy atom. The van der Waals surface area contributed by atoms with Crippen molar-refractivity contribution in [2.24, 2.45) is 4.99 Å². The van der Waals surface area contributed by atoms with Gasteiger partial charge in [-0.1, -0.05) is 12.1 Å². The minimum atomic E-state index is 0.745. The fourth-order valence-corrected chi connectivity index (χ4v) is 2.96. The number of aromatic nitrogens is 1. The highest BCUT2D eigenvalue weighted by atomic mass is 32.1. The van der Waals surface area contributed by atoms with E-state index in [4.69, 9.17) is 9.73 Å². The second-order valence-corrected chi connectivity index (χ2v) is 6.61. The van der Waals surface area contributed by atoms with Crippen LogP contribution < -0.4 is 10.1 Å². The molecular formula is C18H26N4OS. The van der Waals surface area contributed by atoms with Crippen LogP contribution in [0, 0.1) is 6.92 Å². The summed E-state index contributed by atoms with van der Waals surface area (Å²) in [7, 11) is 3.73. The summed E-state index contributed by atoms with van der Waals surface area (Å²) in [6.45, 7) is 6.47. The van der Waals surface area contributed by atoms with Gasteiger partial charge < -0.3 is 15.0 Å². The maximum Gasteiger partial charge on any atom is 0.194 e. The number of aliphatic imine (C=N–C) groups is 1. The Morgan fingerprint density at radius 2 is 2.08 bits per heavy atom. The number of hydrogen-bond acceptors (Lipinski definition) is 4. The highest BCUT2D eigenvalue weighted by Gasteiger charge is 2.08. The first-order valence-corrected chi connectivity index (χ1v) is 9.03. The van der Waals surface area contributed by atoms with E-state index in [0.717, 1.165) is 48.5 Å². The molecule has 0 aliphatic carbocycles. The molecule has 130 valence electrons. The highest BCUT2D eigenvalue weighted by molar-refractivity contribution is 7.09. The molecule has 5 nitrogen and oxygen atoms in total. The molecule has 1 aromatic heterocycles. The van der Waals surface area contributed by atoms with Crippen molar-refractivity contribution in [3.63, 3.8) is 0 Å². The van der Waals surface area contributed by atoms with Crippen molar-refractivity contribution in [1.82, 2.24) is 15.2 Å². The number of nitrogens with zero attached hydrogens (tertiary/aromatic N) is 3. The summed E-state index contributed by atoms with van der Waals surface area (Å²) in [6, 6.07) is 8.15. The van der Waals surface area contributed by atoms with Gasteiger partial charge in [-0.05, 0) is 38.0 Å². The molecule has 0 aliphatic rings. The predicted octanol–water partition coefficient (Wildman–Crippen LogP) is 3.10. The number of guanidine groups is 1. The molecule has 1 N–H and O–H groups in total. The van der Waals surface area contributed by atoms with E-state index in [2.05, 4.69) is 39.6 Å². The Labute approximate surface area is 148 Å². The minimum Gasteiger partial charge on any atom is -0.497 e. The van der Waals surface area contributed by atoms with E-state index < -0.39 is 0 Å². The Bertz CT molecular complexity index is 651. The molecule has 2 rings (SSSR count). The van der Waals surface area contributed by atoms with Gasteiger partial charge in [0.05, 0.1) is 24.4 Å². The van der Waals surface area contributed by atoms with Crippen LogP contribution >= 0.6 is 11.3 Å². The van der Waals surface area contributed by atoms with Crippen molar-refractivity contribution < 1.29 is 4.74 Å². The van der Waals surface area contributed by atoms with Crippen LogP contribution in [-0.4, -0.2) is 43.1 Å². The van der Waals surface area contributed by atoms with Crippen LogP contribution in [0.25, 0.3) is 0 Å². The number of thiazole rings is 1. The molecular weight excluding hydrogens is 320 g/mol. The van der Waals surface area contributed by atoms with Gasteiger partial charge in [0.25, 0.3) is 0 Å². The number of rotatable bonds is 7. The van der Waals surface area contributed by atoms with E-state index in [1.807, 2.05) is 26.1 Å². The molecule has 0 aliphatic heterocycles. The van der Waals surface area contributed by atoms with E-state index in [-0.39, 0.29) is 0 Å². The third kappa shape index (κ3) is 5.53. The molecule has 1 heterocycles. The molecule has 0 fully saturated rings. The maximum atomic E-state index is 5.18. The largest absolute Gasteiger partial charge is 0.497 e. The third-order valence-corrected chi connectivity index (χ3v) is 4.41. The average molecular weight is 347 g/mol. The Balaban J connectivity index is 1.93. The molecule has 0 atom stereocenters. The smallest absolute Gasteiger partial charge is 0.194 e. The number of nitrogens with one attached hydrogen (secondary N) is 1. The average Bonchev–Trinajstić information content (AvgIpc) is 2.99. The van der Waals surface area contributed by atoms with E-state index in [0.29, 0.717) is 0 Å². The summed E-state index contributed by atoms with van der Waals surface area (Å²) in [6.07, 6.45) is 0.905. The van der Waals surface area contributed by atoms with Crippen molar-refractivity contribution in [1.29, 1.82) is 0 Å². The maximum absolute atomic E-state index is 5.18. The third-order valence-electron chi connectivity index (χ3n) is 3.58. The van der Waals surface area contributed by atoms with Crippen LogP contribution in [0.5, 0.6) is 5.75 Å². The van der Waals surface area contributed by atoms with Crippen molar-refractivity contribution in [3.05, 3.63) is 45.9 Å². The minimum absolute atomic E-state index is 0.745. The normalized spacial score (nSPS) is 11.4. The highest BCUT2D eigenvalue weighted by Crippen LogP contribution is 2.12. The van der Waals surface area contributed by atoms with E-state index in [9.17, 15) is 0 Å². The van der Waals surface area contributed by atoms with Crippen LogP contribution in [0.2, 0.25) is 0 Å². The fraction of sp³-hybridized carbons (Fsp3) is 0.444. The van der Waals surface area contributed by atoms with Gasteiger partial charge >= 0.3 is 0 Å². The molecule has 0 spiro atoms. The first kappa shape index (κ1) is 18.3. The quantitative estimate of drug-likeness (QED) is 0.618. The molecule has 24 heavy (non-hydrogen) atoms. The molecule has 0 saturated carbocycles. The molecule has 0 amide bonds. The van der Waals surface area contributed by atoms with E-state index >= 15 is 0 Å². The zero-order valence-corrected chi connectivity index (χ0v) is 15.7. The van der Waals surface area contributed by atoms with Gasteiger partial charge in [0.1, 0.15) is 5.75 Å². The summed E-state index contributed by atoms with van der Waals surface area (Å²) in [5.41, 5.74) is 2.34. The summed E-state index contributed by atoms with van der Waals surface area (Å²) in [4.78, 5) is 11.4. The van der Waals surface area contributed by atoms with Crippen LogP contribution in [-0.2, 0) is 13.0 Å². The van der Waals surface area contributed by atoms with Gasteiger partial charge in [0.15, 0.2) is 5.96 Å². The topological polar surface area (TPSA) is 49.8 Å². The van der Waals surface area contributed by atoms with Gasteiger partial charge in [-0.2, -0.15) is 0 Å². The summed E-state index contributed by atoms with van der Waals surface area (Å²) < 4.78 is 5.18. The number of ether oxygens (including phenoxy) is 1. The van der Waals surface area contributed by atoms with Gasteiger partial charge in [0.2, 0.25) is 0 Å². The molecule has 2 aromatic rings. The summed E-state index contributed by atoms with van der Waals surface area (Å²) >= 11 is 1.68. The molecule has 6 heteroatoms. The Hall–Kier alpha value is -2.08. The summed E-state index contributed by atoms with van der Waals surface area (Å²) in [5, 5.41) is 6.55. The number of methoxy groups -OCH3 is 1. The van der Waals surface area contributed by atoms with Crippen LogP contribution in [0.3, 0.4) is 0 Å². The molecule has 0 radical (unpaired) electrons. The van der Waals surface area contributed by atoms with Crippen LogP contribution in [0.15, 0.2) is 34.6 Å². The molecule has 0 unspecified atom stereocenters. The lowest BCUT2D eigenvalue weighted by molar-refractivity contribution is 0.414. The van der Waals surface area contributed by atoms with Gasteiger partial charge in [0, 0.05) is 25.5 Å². The molecule has 1 aromatic carbocycles. The first-order chi connectivity index (χ1) is 11.6. The predicted molar refractivity (Wildman–Crippen MR) is 101 cm³/mol. The Morgan fingerprint density at radius 3 is 2.67 bits per heavy atom. The van der Waals surface area contributed by atoms with E-state index in [1.54, 1.807) is 18.4 Å². The van der Waals surface area contributed by atoms with Gasteiger partial charge in [-0.3, -0.25) is 4.99 Å². The van der Waals surface area contributed by atoms with Crippen molar-refractivity contribution >= 4 is 17.3 Å². The first-order valence-electron chi connectivity index (χ1n) is 8.15. The zero-order valence-electron chi connectivity index (χ0n) is 14.9. The van der Waals surface area contributed by atoms with Crippen molar-refractivity contribution in [2.75, 3.05) is 27.2 Å². The van der Waals surface area contributed by atoms with Crippen LogP contribution in [0.4, 0.5) is 0 Å². The molecule has 0 saturated heterocycles. The van der Waals surface area contributed by atoms with E-state index in [1.165, 1.54) is 5.56 Å². The number of hydrogen-bond donors (Lipinski definition) is 1. The number of benzene rings is 1. The lowest BCUT2D eigenvalue weighted by atomic mass is 10.1. The SMILES string of the molecule is CCNC(=NCCc1ccc(OC)cc1)N(C)Cc1csc(C)n1. The second-order valence-electron chi connectivity index (χ2n) is 5.55. The summed E-state index contributed by atoms with van der Waals surface area (Å²) in [5.74, 6) is 1.80. The monoisotopic (exact) mass is 346 g/mol. The lowest BCUT2D eigenvalue weighted by Gasteiger charge is -2.21. The van der Waals surface area contributed by atoms with Crippen molar-refractivity contribution in [2.45, 2.75) is 26.8 Å². The lowest BCUT2D eigenvalue weighted by Crippen LogP contribution is -2.38. The fourth-order valence-electron chi connectivity index (χ4n) is 2.35. The van der Waals surface area contributed by atoms with Crippen LogP contribution in [0.1, 0.15) is 23.2 Å². The zero-order chi connectivity index (χ0) is 17.4. The van der Waals surface area contributed by atoms with Crippen molar-refractivity contribution in [3.8, 4) is 5.75 Å². The standard InChI is InChI=1S/C18H26N4OS/c1-5-19-18(22(3)12-16-13-24-14(2)21-16)20-11-10-15-6-8-17(23-4)9-7-15/h6-9,13H,5,10-12H2,1-4H3,(H,19,20).